The summed E-state index contributed by atoms with van der Waals surface area (Å²) in [7, 11) is 0. The standard InChI is InChI=1S/C16H19F3N2O4/c1-3-10(2)8-20-14(23)25-15-21(13(22)9-24-15)12-6-4-5-11(7-12)16(17,18)19/h4-7,10,15H,3,8-9H2,1-2H3,(H,20,23). The highest BCUT2D eigenvalue weighted by atomic mass is 19.4. The molecule has 1 aliphatic heterocycles. The second kappa shape index (κ2) is 7.73. The minimum atomic E-state index is -4.55. The van der Waals surface area contributed by atoms with Gasteiger partial charge in [0.1, 0.15) is 6.61 Å². The molecule has 2 amide bonds. The first-order chi connectivity index (χ1) is 11.7. The lowest BCUT2D eigenvalue weighted by atomic mass is 10.1. The molecule has 0 spiro atoms. The number of alkyl halides is 3. The summed E-state index contributed by atoms with van der Waals surface area (Å²) in [4.78, 5) is 24.6. The van der Waals surface area contributed by atoms with Crippen LogP contribution in [0.1, 0.15) is 25.8 Å². The highest BCUT2D eigenvalue weighted by molar-refractivity contribution is 5.96. The van der Waals surface area contributed by atoms with Crippen molar-refractivity contribution in [3.05, 3.63) is 29.8 Å². The Bertz CT molecular complexity index is 636. The van der Waals surface area contributed by atoms with Crippen molar-refractivity contribution in [3.8, 4) is 0 Å². The fraction of sp³-hybridized carbons (Fsp3) is 0.500. The maximum Gasteiger partial charge on any atom is 0.416 e. The average Bonchev–Trinajstić information content (AvgIpc) is 2.92. The van der Waals surface area contributed by atoms with Gasteiger partial charge < -0.3 is 14.8 Å². The molecule has 2 rings (SSSR count). The van der Waals surface area contributed by atoms with Crippen molar-refractivity contribution in [2.24, 2.45) is 5.92 Å². The molecule has 2 atom stereocenters. The van der Waals surface area contributed by atoms with E-state index < -0.39 is 30.2 Å². The zero-order valence-corrected chi connectivity index (χ0v) is 13.8. The Labute approximate surface area is 142 Å². The van der Waals surface area contributed by atoms with Gasteiger partial charge in [-0.05, 0) is 24.1 Å². The fourth-order valence-corrected chi connectivity index (χ4v) is 2.12. The number of amides is 2. The molecular weight excluding hydrogens is 341 g/mol. The normalized spacial score (nSPS) is 19.0. The third kappa shape index (κ3) is 4.85. The van der Waals surface area contributed by atoms with E-state index in [1.165, 1.54) is 12.1 Å². The van der Waals surface area contributed by atoms with Gasteiger partial charge in [-0.3, -0.25) is 4.79 Å². The third-order valence-electron chi connectivity index (χ3n) is 3.78. The summed E-state index contributed by atoms with van der Waals surface area (Å²) in [6.45, 7) is 3.88. The van der Waals surface area contributed by atoms with E-state index in [0.717, 1.165) is 23.5 Å². The Hall–Kier alpha value is -2.29. The molecule has 1 saturated heterocycles. The molecule has 9 heteroatoms. The molecule has 0 aromatic heterocycles. The van der Waals surface area contributed by atoms with E-state index in [1.54, 1.807) is 0 Å². The lowest BCUT2D eigenvalue weighted by Gasteiger charge is -2.23. The molecule has 0 bridgehead atoms. The zero-order chi connectivity index (χ0) is 18.6. The minimum absolute atomic E-state index is 0.0583. The molecule has 138 valence electrons. The fourth-order valence-electron chi connectivity index (χ4n) is 2.12. The molecule has 1 fully saturated rings. The van der Waals surface area contributed by atoms with E-state index in [-0.39, 0.29) is 18.2 Å². The van der Waals surface area contributed by atoms with Crippen LogP contribution in [0.15, 0.2) is 24.3 Å². The molecule has 25 heavy (non-hydrogen) atoms. The van der Waals surface area contributed by atoms with Crippen LogP contribution in [0.2, 0.25) is 0 Å². The number of rotatable bonds is 5. The topological polar surface area (TPSA) is 67.9 Å². The number of halogens is 3. The van der Waals surface area contributed by atoms with E-state index in [1.807, 2.05) is 13.8 Å². The van der Waals surface area contributed by atoms with Gasteiger partial charge in [0, 0.05) is 6.54 Å². The van der Waals surface area contributed by atoms with Gasteiger partial charge in [0.2, 0.25) is 0 Å². The number of benzene rings is 1. The van der Waals surface area contributed by atoms with E-state index in [0.29, 0.717) is 6.54 Å². The van der Waals surface area contributed by atoms with Crippen LogP contribution in [0.5, 0.6) is 0 Å². The number of carbonyl (C=O) groups excluding carboxylic acids is 2. The molecule has 2 unspecified atom stereocenters. The van der Waals surface area contributed by atoms with Gasteiger partial charge in [0.25, 0.3) is 12.3 Å². The van der Waals surface area contributed by atoms with Crippen molar-refractivity contribution in [2.45, 2.75) is 32.9 Å². The summed E-state index contributed by atoms with van der Waals surface area (Å²) >= 11 is 0. The summed E-state index contributed by atoms with van der Waals surface area (Å²) in [5.74, 6) is -0.364. The van der Waals surface area contributed by atoms with Crippen LogP contribution in [0.25, 0.3) is 0 Å². The largest absolute Gasteiger partial charge is 0.416 e. The van der Waals surface area contributed by atoms with Crippen molar-refractivity contribution in [2.75, 3.05) is 18.1 Å². The number of carbonyl (C=O) groups is 2. The molecular formula is C16H19F3N2O4. The zero-order valence-electron chi connectivity index (χ0n) is 13.8. The number of nitrogens with one attached hydrogen (secondary N) is 1. The van der Waals surface area contributed by atoms with Crippen LogP contribution in [-0.2, 0) is 20.4 Å². The Kier molecular flexibility index (Phi) is 5.89. The number of hydrogen-bond donors (Lipinski definition) is 1. The van der Waals surface area contributed by atoms with Crippen LogP contribution in [0.4, 0.5) is 23.7 Å². The molecule has 1 heterocycles. The van der Waals surface area contributed by atoms with Crippen LogP contribution < -0.4 is 10.2 Å². The summed E-state index contributed by atoms with van der Waals surface area (Å²) < 4.78 is 48.6. The predicted molar refractivity (Wildman–Crippen MR) is 82.6 cm³/mol. The monoisotopic (exact) mass is 360 g/mol. The number of anilines is 1. The third-order valence-corrected chi connectivity index (χ3v) is 3.78. The van der Waals surface area contributed by atoms with Crippen LogP contribution in [0, 0.1) is 5.92 Å². The van der Waals surface area contributed by atoms with Gasteiger partial charge in [0.05, 0.1) is 11.3 Å². The molecule has 6 nitrogen and oxygen atoms in total. The van der Waals surface area contributed by atoms with Crippen molar-refractivity contribution < 1.29 is 32.2 Å². The predicted octanol–water partition coefficient (Wildman–Crippen LogP) is 3.12. The number of ether oxygens (including phenoxy) is 2. The summed E-state index contributed by atoms with van der Waals surface area (Å²) in [5.41, 5.74) is -0.971. The highest BCUT2D eigenvalue weighted by Gasteiger charge is 2.38. The minimum Gasteiger partial charge on any atom is -0.399 e. The molecule has 0 radical (unpaired) electrons. The second-order valence-electron chi connectivity index (χ2n) is 5.73. The second-order valence-corrected chi connectivity index (χ2v) is 5.73. The van der Waals surface area contributed by atoms with E-state index in [2.05, 4.69) is 5.32 Å². The molecule has 0 aliphatic carbocycles. The van der Waals surface area contributed by atoms with Crippen LogP contribution in [0.3, 0.4) is 0 Å². The average molecular weight is 360 g/mol. The summed E-state index contributed by atoms with van der Waals surface area (Å²) in [6.07, 6.45) is -5.91. The van der Waals surface area contributed by atoms with Crippen molar-refractivity contribution in [1.29, 1.82) is 0 Å². The van der Waals surface area contributed by atoms with E-state index in [9.17, 15) is 22.8 Å². The Morgan fingerprint density at radius 3 is 2.84 bits per heavy atom. The van der Waals surface area contributed by atoms with Gasteiger partial charge in [-0.1, -0.05) is 26.3 Å². The summed E-state index contributed by atoms with van der Waals surface area (Å²) in [6, 6.07) is 4.18. The Morgan fingerprint density at radius 1 is 1.48 bits per heavy atom. The van der Waals surface area contributed by atoms with Gasteiger partial charge >= 0.3 is 12.3 Å². The SMILES string of the molecule is CCC(C)CNC(=O)OC1OCC(=O)N1c1cccc(C(F)(F)F)c1. The van der Waals surface area contributed by atoms with Crippen LogP contribution in [-0.4, -0.2) is 31.6 Å². The highest BCUT2D eigenvalue weighted by Crippen LogP contribution is 2.33. The van der Waals surface area contributed by atoms with Crippen molar-refractivity contribution in [1.82, 2.24) is 5.32 Å². The molecule has 0 saturated carbocycles. The van der Waals surface area contributed by atoms with Crippen molar-refractivity contribution >= 4 is 17.7 Å². The number of nitrogens with zero attached hydrogens (tertiary/aromatic N) is 1. The number of alkyl carbamates (subject to hydrolysis) is 1. The smallest absolute Gasteiger partial charge is 0.399 e. The molecule has 1 aromatic carbocycles. The van der Waals surface area contributed by atoms with E-state index >= 15 is 0 Å². The lowest BCUT2D eigenvalue weighted by molar-refractivity contribution is -0.137. The van der Waals surface area contributed by atoms with Gasteiger partial charge in [-0.25, -0.2) is 9.69 Å². The quantitative estimate of drug-likeness (QED) is 0.876. The Balaban J connectivity index is 2.10. The first-order valence-electron chi connectivity index (χ1n) is 7.77. The summed E-state index contributed by atoms with van der Waals surface area (Å²) in [5, 5.41) is 2.52. The maximum absolute atomic E-state index is 12.8. The first kappa shape index (κ1) is 19.0. The molecule has 1 aromatic rings. The van der Waals surface area contributed by atoms with Gasteiger partial charge in [0.15, 0.2) is 0 Å². The Morgan fingerprint density at radius 2 is 2.20 bits per heavy atom. The number of hydrogen-bond acceptors (Lipinski definition) is 4. The molecule has 1 N–H and O–H groups in total. The van der Waals surface area contributed by atoms with Crippen LogP contribution >= 0.6 is 0 Å². The van der Waals surface area contributed by atoms with Gasteiger partial charge in [-0.2, -0.15) is 13.2 Å². The lowest BCUT2D eigenvalue weighted by Crippen LogP contribution is -2.40. The molecule has 1 aliphatic rings. The maximum atomic E-state index is 12.8. The van der Waals surface area contributed by atoms with Crippen molar-refractivity contribution in [3.63, 3.8) is 0 Å². The van der Waals surface area contributed by atoms with E-state index in [4.69, 9.17) is 9.47 Å². The first-order valence-corrected chi connectivity index (χ1v) is 7.77. The van der Waals surface area contributed by atoms with Gasteiger partial charge in [-0.15, -0.1) is 0 Å².